The van der Waals surface area contributed by atoms with Crippen LogP contribution in [0.1, 0.15) is 38.8 Å². The van der Waals surface area contributed by atoms with Gasteiger partial charge in [-0.1, -0.05) is 67.0 Å². The first kappa shape index (κ1) is 21.0. The van der Waals surface area contributed by atoms with E-state index in [1.165, 1.54) is 0 Å². The van der Waals surface area contributed by atoms with Gasteiger partial charge in [0.05, 0.1) is 0 Å². The van der Waals surface area contributed by atoms with Crippen molar-refractivity contribution in [3.63, 3.8) is 0 Å². The molecule has 2 aromatic carbocycles. The third-order valence-electron chi connectivity index (χ3n) is 5.02. The van der Waals surface area contributed by atoms with Crippen molar-refractivity contribution in [3.05, 3.63) is 64.1 Å². The summed E-state index contributed by atoms with van der Waals surface area (Å²) in [7, 11) is 0. The molecule has 7 heteroatoms. The molecule has 4 amide bonds. The van der Waals surface area contributed by atoms with Crippen molar-refractivity contribution < 1.29 is 14.4 Å². The molecule has 2 aromatic rings. The molecule has 0 radical (unpaired) electrons. The predicted molar refractivity (Wildman–Crippen MR) is 116 cm³/mol. The van der Waals surface area contributed by atoms with E-state index >= 15 is 0 Å². The highest BCUT2D eigenvalue weighted by molar-refractivity contribution is 9.10. The van der Waals surface area contributed by atoms with Crippen LogP contribution in [0.15, 0.2) is 53.0 Å². The van der Waals surface area contributed by atoms with Crippen LogP contribution in [0, 0.1) is 0 Å². The number of rotatable bonds is 4. The van der Waals surface area contributed by atoms with Crippen LogP contribution in [0.2, 0.25) is 0 Å². The molecular weight excluding hydrogens is 434 g/mol. The van der Waals surface area contributed by atoms with E-state index in [0.29, 0.717) is 15.7 Å². The van der Waals surface area contributed by atoms with E-state index in [2.05, 4.69) is 47.3 Å². The van der Waals surface area contributed by atoms with Crippen molar-refractivity contribution in [1.82, 2.24) is 10.2 Å². The molecule has 0 spiro atoms. The first-order valence-electron chi connectivity index (χ1n) is 9.32. The fraction of sp³-hybridized carbons (Fsp3) is 0.318. The van der Waals surface area contributed by atoms with Crippen molar-refractivity contribution in [1.29, 1.82) is 0 Å². The maximum atomic E-state index is 13.0. The lowest BCUT2D eigenvalue weighted by atomic mass is 9.87. The summed E-state index contributed by atoms with van der Waals surface area (Å²) < 4.78 is 0.710. The molecule has 0 bridgehead atoms. The van der Waals surface area contributed by atoms with Gasteiger partial charge in [-0.25, -0.2) is 4.79 Å². The number of halogens is 1. The Balaban J connectivity index is 1.72. The highest BCUT2D eigenvalue weighted by Crippen LogP contribution is 2.33. The van der Waals surface area contributed by atoms with E-state index in [1.54, 1.807) is 25.1 Å². The predicted octanol–water partition coefficient (Wildman–Crippen LogP) is 4.15. The van der Waals surface area contributed by atoms with Crippen LogP contribution in [0.5, 0.6) is 0 Å². The summed E-state index contributed by atoms with van der Waals surface area (Å²) in [6, 6.07) is 14.1. The Hall–Kier alpha value is -2.67. The summed E-state index contributed by atoms with van der Waals surface area (Å²) in [5, 5.41) is 5.45. The van der Waals surface area contributed by atoms with E-state index in [0.717, 1.165) is 10.5 Å². The number of imide groups is 1. The van der Waals surface area contributed by atoms with Crippen LogP contribution in [0.4, 0.5) is 10.5 Å². The normalized spacial score (nSPS) is 19.3. The molecule has 1 unspecified atom stereocenters. The van der Waals surface area contributed by atoms with Gasteiger partial charge in [0.15, 0.2) is 0 Å². The quantitative estimate of drug-likeness (QED) is 0.676. The number of carbonyl (C=O) groups excluding carboxylic acids is 3. The summed E-state index contributed by atoms with van der Waals surface area (Å²) in [6.45, 7) is 7.61. The van der Waals surface area contributed by atoms with Crippen LogP contribution in [-0.4, -0.2) is 29.3 Å². The summed E-state index contributed by atoms with van der Waals surface area (Å²) in [5.41, 5.74) is 1.18. The number of benzene rings is 2. The largest absolute Gasteiger partial charge is 0.325 e. The summed E-state index contributed by atoms with van der Waals surface area (Å²) >= 11 is 3.42. The van der Waals surface area contributed by atoms with Gasteiger partial charge in [-0.2, -0.15) is 0 Å². The molecule has 1 aliphatic heterocycles. The van der Waals surface area contributed by atoms with E-state index in [1.807, 2.05) is 30.3 Å². The number of hydrogen-bond donors (Lipinski definition) is 2. The van der Waals surface area contributed by atoms with Crippen molar-refractivity contribution in [2.75, 3.05) is 11.9 Å². The molecule has 1 atom stereocenters. The molecule has 3 rings (SSSR count). The fourth-order valence-electron chi connectivity index (χ4n) is 3.29. The maximum absolute atomic E-state index is 13.0. The summed E-state index contributed by atoms with van der Waals surface area (Å²) in [5.74, 6) is -0.902. The Morgan fingerprint density at radius 1 is 1.10 bits per heavy atom. The zero-order chi connectivity index (χ0) is 21.4. The Labute approximate surface area is 178 Å². The molecule has 1 aliphatic rings. The zero-order valence-corrected chi connectivity index (χ0v) is 18.5. The second-order valence-electron chi connectivity index (χ2n) is 8.30. The van der Waals surface area contributed by atoms with Crippen molar-refractivity contribution in [3.8, 4) is 0 Å². The number of urea groups is 1. The van der Waals surface area contributed by atoms with Crippen LogP contribution in [0.3, 0.4) is 0 Å². The van der Waals surface area contributed by atoms with Crippen LogP contribution in [-0.2, 0) is 20.5 Å². The molecule has 0 aromatic heterocycles. The first-order valence-corrected chi connectivity index (χ1v) is 10.1. The van der Waals surface area contributed by atoms with E-state index < -0.39 is 23.4 Å². The number of hydrogen-bond acceptors (Lipinski definition) is 3. The number of carbonyl (C=O) groups is 3. The minimum atomic E-state index is -1.23. The minimum absolute atomic E-state index is 0.0127. The van der Waals surface area contributed by atoms with Gasteiger partial charge in [0.2, 0.25) is 5.91 Å². The van der Waals surface area contributed by atoms with Gasteiger partial charge < -0.3 is 10.6 Å². The second-order valence-corrected chi connectivity index (χ2v) is 9.16. The SMILES string of the molecule is CC(C)(C)c1ccc(NC(=O)CN2C(=O)NC(C)(c3ccccc3Br)C2=O)cc1. The van der Waals surface area contributed by atoms with Crippen molar-refractivity contribution in [2.45, 2.75) is 38.6 Å². The van der Waals surface area contributed by atoms with Gasteiger partial charge in [-0.3, -0.25) is 14.5 Å². The average molecular weight is 458 g/mol. The highest BCUT2D eigenvalue weighted by Gasteiger charge is 2.50. The van der Waals surface area contributed by atoms with Crippen LogP contribution >= 0.6 is 15.9 Å². The van der Waals surface area contributed by atoms with Gasteiger partial charge in [-0.15, -0.1) is 0 Å². The van der Waals surface area contributed by atoms with E-state index in [9.17, 15) is 14.4 Å². The lowest BCUT2D eigenvalue weighted by Crippen LogP contribution is -2.42. The van der Waals surface area contributed by atoms with Crippen molar-refractivity contribution >= 4 is 39.5 Å². The molecule has 0 saturated carbocycles. The van der Waals surface area contributed by atoms with E-state index in [-0.39, 0.29) is 12.0 Å². The smallest absolute Gasteiger partial charge is 0.325 e. The number of nitrogens with zero attached hydrogens (tertiary/aromatic N) is 1. The van der Waals surface area contributed by atoms with Gasteiger partial charge in [0.1, 0.15) is 12.1 Å². The molecule has 1 heterocycles. The molecule has 1 fully saturated rings. The maximum Gasteiger partial charge on any atom is 0.325 e. The Bertz CT molecular complexity index is 966. The summed E-state index contributed by atoms with van der Waals surface area (Å²) in [4.78, 5) is 38.8. The Morgan fingerprint density at radius 2 is 1.72 bits per heavy atom. The second kappa shape index (κ2) is 7.63. The zero-order valence-electron chi connectivity index (χ0n) is 16.9. The van der Waals surface area contributed by atoms with Crippen LogP contribution < -0.4 is 10.6 Å². The van der Waals surface area contributed by atoms with Gasteiger partial charge >= 0.3 is 6.03 Å². The molecule has 6 nitrogen and oxygen atoms in total. The monoisotopic (exact) mass is 457 g/mol. The first-order chi connectivity index (χ1) is 13.5. The molecule has 29 heavy (non-hydrogen) atoms. The highest BCUT2D eigenvalue weighted by atomic mass is 79.9. The lowest BCUT2D eigenvalue weighted by molar-refractivity contribution is -0.133. The van der Waals surface area contributed by atoms with Gasteiger partial charge in [-0.05, 0) is 36.1 Å². The third-order valence-corrected chi connectivity index (χ3v) is 5.72. The molecule has 152 valence electrons. The number of anilines is 1. The summed E-state index contributed by atoms with van der Waals surface area (Å²) in [6.07, 6.45) is 0. The van der Waals surface area contributed by atoms with Gasteiger partial charge in [0.25, 0.3) is 5.91 Å². The van der Waals surface area contributed by atoms with Crippen molar-refractivity contribution in [2.24, 2.45) is 0 Å². The number of amides is 4. The van der Waals surface area contributed by atoms with Crippen LogP contribution in [0.25, 0.3) is 0 Å². The van der Waals surface area contributed by atoms with Gasteiger partial charge in [0, 0.05) is 15.7 Å². The fourth-order valence-corrected chi connectivity index (χ4v) is 3.97. The molecule has 2 N–H and O–H groups in total. The molecular formula is C22H24BrN3O3. The minimum Gasteiger partial charge on any atom is -0.325 e. The molecule has 1 saturated heterocycles. The topological polar surface area (TPSA) is 78.5 Å². The lowest BCUT2D eigenvalue weighted by Gasteiger charge is -2.23. The number of nitrogens with one attached hydrogen (secondary N) is 2. The Morgan fingerprint density at radius 3 is 2.31 bits per heavy atom. The average Bonchev–Trinajstić information content (AvgIpc) is 2.85. The molecule has 0 aliphatic carbocycles. The van der Waals surface area contributed by atoms with E-state index in [4.69, 9.17) is 0 Å². The Kier molecular flexibility index (Phi) is 5.54. The third kappa shape index (κ3) is 4.19. The standard InChI is InChI=1S/C22H24BrN3O3/c1-21(2,3)14-9-11-15(12-10-14)24-18(27)13-26-19(28)22(4,25-20(26)29)16-7-5-6-8-17(16)23/h5-12H,13H2,1-4H3,(H,24,27)(H,25,29).